The third-order valence-electron chi connectivity index (χ3n) is 0.662. The predicted molar refractivity (Wildman–Crippen MR) is 38.3 cm³/mol. The molecule has 0 aromatic rings. The largest absolute Gasteiger partial charge is 0.312 e. The number of hydrogen-bond acceptors (Lipinski definition) is 1. The van der Waals surface area contributed by atoms with E-state index in [9.17, 15) is 0 Å². The zero-order valence-electron chi connectivity index (χ0n) is 4.75. The molecule has 0 saturated carbocycles. The summed E-state index contributed by atoms with van der Waals surface area (Å²) in [5.41, 5.74) is 1.37. The van der Waals surface area contributed by atoms with Crippen LogP contribution in [0, 0.1) is 0 Å². The van der Waals surface area contributed by atoms with Gasteiger partial charge in [-0.3, -0.25) is 0 Å². The Bertz CT molecular complexity index is 80.5. The van der Waals surface area contributed by atoms with Gasteiger partial charge in [0.15, 0.2) is 0 Å². The van der Waals surface area contributed by atoms with E-state index in [2.05, 4.69) is 5.32 Å². The zero-order valence-corrected chi connectivity index (χ0v) is 6.26. The van der Waals surface area contributed by atoms with Gasteiger partial charge < -0.3 is 5.32 Å². The smallest absolute Gasteiger partial charge is 0.0431 e. The molecule has 8 heavy (non-hydrogen) atoms. The molecule has 48 valence electrons. The standard InChI is InChI=1S/C5H9Cl2N/c1-2-8-4-5(7)3-6/h3,8H,2,4H2,1H3. The lowest BCUT2D eigenvalue weighted by molar-refractivity contribution is 0.793. The van der Waals surface area contributed by atoms with E-state index in [1.807, 2.05) is 6.92 Å². The van der Waals surface area contributed by atoms with E-state index < -0.39 is 0 Å². The molecule has 0 rings (SSSR count). The minimum atomic E-state index is 0.647. The van der Waals surface area contributed by atoms with E-state index >= 15 is 0 Å². The fourth-order valence-corrected chi connectivity index (χ4v) is 0.455. The Hall–Kier alpha value is 0.280. The van der Waals surface area contributed by atoms with Gasteiger partial charge in [-0.25, -0.2) is 0 Å². The molecule has 0 amide bonds. The van der Waals surface area contributed by atoms with E-state index in [4.69, 9.17) is 23.2 Å². The Balaban J connectivity index is 3.12. The van der Waals surface area contributed by atoms with Gasteiger partial charge in [0.05, 0.1) is 0 Å². The lowest BCUT2D eigenvalue weighted by atomic mass is 10.6. The van der Waals surface area contributed by atoms with Crippen LogP contribution in [0.5, 0.6) is 0 Å². The van der Waals surface area contributed by atoms with E-state index in [0.29, 0.717) is 11.6 Å². The number of nitrogens with one attached hydrogen (secondary N) is 1. The highest BCUT2D eigenvalue weighted by Crippen LogP contribution is 1.99. The summed E-state index contributed by atoms with van der Waals surface area (Å²) in [6, 6.07) is 0. The SMILES string of the molecule is CCNCC(Cl)=CCl. The number of hydrogen-bond donors (Lipinski definition) is 1. The van der Waals surface area contributed by atoms with Crippen molar-refractivity contribution in [1.82, 2.24) is 5.32 Å². The second-order valence-electron chi connectivity index (χ2n) is 1.34. The highest BCUT2D eigenvalue weighted by atomic mass is 35.5. The van der Waals surface area contributed by atoms with Crippen molar-refractivity contribution in [2.45, 2.75) is 6.92 Å². The molecular formula is C5H9Cl2N. The van der Waals surface area contributed by atoms with Crippen molar-refractivity contribution in [3.8, 4) is 0 Å². The summed E-state index contributed by atoms with van der Waals surface area (Å²) in [6.45, 7) is 3.60. The lowest BCUT2D eigenvalue weighted by Gasteiger charge is -1.95. The van der Waals surface area contributed by atoms with Crippen molar-refractivity contribution in [1.29, 1.82) is 0 Å². The summed E-state index contributed by atoms with van der Waals surface area (Å²) >= 11 is 10.8. The first-order chi connectivity index (χ1) is 3.81. The minimum absolute atomic E-state index is 0.647. The Kier molecular flexibility index (Phi) is 5.61. The molecule has 0 atom stereocenters. The van der Waals surface area contributed by atoms with Crippen LogP contribution in [-0.4, -0.2) is 13.1 Å². The summed E-state index contributed by atoms with van der Waals surface area (Å²) < 4.78 is 0. The summed E-state index contributed by atoms with van der Waals surface area (Å²) in [7, 11) is 0. The van der Waals surface area contributed by atoms with Crippen molar-refractivity contribution >= 4 is 23.2 Å². The second kappa shape index (κ2) is 5.42. The van der Waals surface area contributed by atoms with Gasteiger partial charge in [-0.2, -0.15) is 0 Å². The van der Waals surface area contributed by atoms with Crippen LogP contribution in [0.4, 0.5) is 0 Å². The number of likely N-dealkylation sites (N-methyl/N-ethyl adjacent to an activating group) is 1. The van der Waals surface area contributed by atoms with Crippen LogP contribution in [0.2, 0.25) is 0 Å². The molecule has 1 N–H and O–H groups in total. The Morgan fingerprint density at radius 2 is 2.38 bits per heavy atom. The Morgan fingerprint density at radius 1 is 1.75 bits per heavy atom. The monoisotopic (exact) mass is 153 g/mol. The Labute approximate surface area is 59.7 Å². The summed E-state index contributed by atoms with van der Waals surface area (Å²) in [4.78, 5) is 0. The van der Waals surface area contributed by atoms with Gasteiger partial charge in [-0.05, 0) is 6.54 Å². The molecule has 0 aliphatic heterocycles. The van der Waals surface area contributed by atoms with Crippen molar-refractivity contribution in [2.24, 2.45) is 0 Å². The van der Waals surface area contributed by atoms with Gasteiger partial charge >= 0.3 is 0 Å². The molecule has 0 unspecified atom stereocenters. The molecule has 0 heterocycles. The fourth-order valence-electron chi connectivity index (χ4n) is 0.283. The molecule has 0 aliphatic rings. The van der Waals surface area contributed by atoms with Crippen LogP contribution >= 0.6 is 23.2 Å². The van der Waals surface area contributed by atoms with Crippen LogP contribution in [0.25, 0.3) is 0 Å². The molecule has 0 bridgehead atoms. The molecule has 0 saturated heterocycles. The lowest BCUT2D eigenvalue weighted by Crippen LogP contribution is -2.13. The average Bonchev–Trinajstić information content (AvgIpc) is 1.83. The number of halogens is 2. The van der Waals surface area contributed by atoms with E-state index in [0.717, 1.165) is 6.54 Å². The average molecular weight is 154 g/mol. The van der Waals surface area contributed by atoms with Gasteiger partial charge in [-0.15, -0.1) is 0 Å². The third kappa shape index (κ3) is 4.44. The predicted octanol–water partition coefficient (Wildman–Crippen LogP) is 1.91. The molecule has 3 heteroatoms. The summed E-state index contributed by atoms with van der Waals surface area (Å²) in [6.07, 6.45) is 0. The summed E-state index contributed by atoms with van der Waals surface area (Å²) in [5, 5.41) is 3.66. The van der Waals surface area contributed by atoms with E-state index in [1.165, 1.54) is 5.54 Å². The minimum Gasteiger partial charge on any atom is -0.312 e. The van der Waals surface area contributed by atoms with E-state index in [-0.39, 0.29) is 0 Å². The second-order valence-corrected chi connectivity index (χ2v) is 2.04. The van der Waals surface area contributed by atoms with Gasteiger partial charge in [0.2, 0.25) is 0 Å². The van der Waals surface area contributed by atoms with Gasteiger partial charge in [-0.1, -0.05) is 30.1 Å². The van der Waals surface area contributed by atoms with Crippen LogP contribution in [0.3, 0.4) is 0 Å². The molecule has 0 radical (unpaired) electrons. The molecule has 0 aromatic heterocycles. The fraction of sp³-hybridized carbons (Fsp3) is 0.600. The first-order valence-corrected chi connectivity index (χ1v) is 3.28. The van der Waals surface area contributed by atoms with Gasteiger partial charge in [0.25, 0.3) is 0 Å². The summed E-state index contributed by atoms with van der Waals surface area (Å²) in [5.74, 6) is 0. The van der Waals surface area contributed by atoms with E-state index in [1.54, 1.807) is 0 Å². The van der Waals surface area contributed by atoms with Crippen LogP contribution < -0.4 is 5.32 Å². The van der Waals surface area contributed by atoms with Crippen molar-refractivity contribution in [3.05, 3.63) is 10.6 Å². The molecule has 0 fully saturated rings. The maximum absolute atomic E-state index is 5.51. The highest BCUT2D eigenvalue weighted by molar-refractivity contribution is 6.36. The quantitative estimate of drug-likeness (QED) is 0.654. The van der Waals surface area contributed by atoms with Gasteiger partial charge in [0.1, 0.15) is 0 Å². The van der Waals surface area contributed by atoms with Crippen molar-refractivity contribution in [3.63, 3.8) is 0 Å². The van der Waals surface area contributed by atoms with Crippen molar-refractivity contribution in [2.75, 3.05) is 13.1 Å². The highest BCUT2D eigenvalue weighted by Gasteiger charge is 1.85. The first kappa shape index (κ1) is 8.28. The maximum Gasteiger partial charge on any atom is 0.0431 e. The van der Waals surface area contributed by atoms with Crippen LogP contribution in [-0.2, 0) is 0 Å². The van der Waals surface area contributed by atoms with Gasteiger partial charge in [0, 0.05) is 17.1 Å². The molecule has 0 aromatic carbocycles. The van der Waals surface area contributed by atoms with Crippen LogP contribution in [0.1, 0.15) is 6.92 Å². The van der Waals surface area contributed by atoms with Crippen molar-refractivity contribution < 1.29 is 0 Å². The number of rotatable bonds is 3. The third-order valence-corrected chi connectivity index (χ3v) is 1.28. The molecule has 0 spiro atoms. The topological polar surface area (TPSA) is 12.0 Å². The Morgan fingerprint density at radius 3 is 2.75 bits per heavy atom. The normalized spacial score (nSPS) is 12.1. The molecule has 1 nitrogen and oxygen atoms in total. The maximum atomic E-state index is 5.51. The van der Waals surface area contributed by atoms with Crippen LogP contribution in [0.15, 0.2) is 10.6 Å². The molecular weight excluding hydrogens is 145 g/mol. The first-order valence-electron chi connectivity index (χ1n) is 2.46. The molecule has 0 aliphatic carbocycles. The zero-order chi connectivity index (χ0) is 6.41.